The van der Waals surface area contributed by atoms with Crippen molar-refractivity contribution in [1.82, 2.24) is 34.0 Å². The number of carbonyl (C=O) groups is 1. The number of anilines is 2. The summed E-state index contributed by atoms with van der Waals surface area (Å²) in [7, 11) is 0. The minimum atomic E-state index is -1.17. The van der Waals surface area contributed by atoms with Gasteiger partial charge in [-0.05, 0) is 67.8 Å². The largest absolute Gasteiger partial charge is 0.388 e. The molecular formula is C30H29FN8O3. The monoisotopic (exact) mass is 568 g/mol. The second-order valence-electron chi connectivity index (χ2n) is 10.9. The van der Waals surface area contributed by atoms with Crippen LogP contribution in [0.5, 0.6) is 0 Å². The second kappa shape index (κ2) is 10.2. The van der Waals surface area contributed by atoms with Crippen LogP contribution in [0.3, 0.4) is 0 Å². The number of fused-ring (bicyclic) bond motifs is 2. The summed E-state index contributed by atoms with van der Waals surface area (Å²) in [5.74, 6) is 0.453. The Balaban J connectivity index is 1.06. The van der Waals surface area contributed by atoms with Gasteiger partial charge in [0.25, 0.3) is 11.5 Å². The van der Waals surface area contributed by atoms with Gasteiger partial charge in [0, 0.05) is 43.5 Å². The summed E-state index contributed by atoms with van der Waals surface area (Å²) >= 11 is 0. The highest BCUT2D eigenvalue weighted by molar-refractivity contribution is 5.94. The molecule has 5 aromatic rings. The molecule has 0 aliphatic carbocycles. The zero-order valence-electron chi connectivity index (χ0n) is 22.8. The molecule has 12 heteroatoms. The Bertz CT molecular complexity index is 1820. The van der Waals surface area contributed by atoms with E-state index in [0.29, 0.717) is 42.5 Å². The number of nitrogens with zero attached hydrogens (tertiary/aromatic N) is 8. The maximum atomic E-state index is 13.4. The van der Waals surface area contributed by atoms with E-state index in [1.54, 1.807) is 9.58 Å². The molecule has 0 saturated carbocycles. The molecule has 3 aromatic heterocycles. The van der Waals surface area contributed by atoms with E-state index < -0.39 is 11.4 Å². The van der Waals surface area contributed by atoms with E-state index in [-0.39, 0.29) is 18.0 Å². The number of likely N-dealkylation sites (tertiary alicyclic amines) is 1. The number of hydrogen-bond donors (Lipinski definition) is 1. The van der Waals surface area contributed by atoms with Gasteiger partial charge in [-0.15, -0.1) is 0 Å². The van der Waals surface area contributed by atoms with Crippen molar-refractivity contribution < 1.29 is 14.3 Å². The van der Waals surface area contributed by atoms with Gasteiger partial charge < -0.3 is 14.9 Å². The van der Waals surface area contributed by atoms with Crippen molar-refractivity contribution in [3.05, 3.63) is 95.1 Å². The average Bonchev–Trinajstić information content (AvgIpc) is 3.67. The summed E-state index contributed by atoms with van der Waals surface area (Å²) in [4.78, 5) is 34.6. The van der Waals surface area contributed by atoms with Crippen LogP contribution in [0.25, 0.3) is 16.7 Å². The van der Waals surface area contributed by atoms with Crippen molar-refractivity contribution in [1.29, 1.82) is 0 Å². The standard InChI is InChI=1S/C30H29FN8O3/c31-22-4-2-21(3-5-22)28(40)35-16-11-30(42,12-17-35)19-36-20-32-27-25(29(36)41)18-34-39(27)24-8-6-23(7-9-24)37-14-1-15-38-26(37)10-13-33-38/h2-10,13,18,20,42H,1,11-12,14-17,19H2. The lowest BCUT2D eigenvalue weighted by Gasteiger charge is -2.38. The Kier molecular flexibility index (Phi) is 6.34. The van der Waals surface area contributed by atoms with Crippen molar-refractivity contribution >= 4 is 28.4 Å². The minimum absolute atomic E-state index is 0.0552. The molecular weight excluding hydrogens is 539 g/mol. The number of piperidine rings is 1. The quantitative estimate of drug-likeness (QED) is 0.347. The first-order valence-corrected chi connectivity index (χ1v) is 14.0. The number of carbonyl (C=O) groups excluding carboxylic acids is 1. The third kappa shape index (κ3) is 4.63. The van der Waals surface area contributed by atoms with E-state index in [2.05, 4.69) is 20.1 Å². The van der Waals surface area contributed by atoms with E-state index in [0.717, 1.165) is 36.7 Å². The summed E-state index contributed by atoms with van der Waals surface area (Å²) in [6.45, 7) is 2.52. The molecule has 42 heavy (non-hydrogen) atoms. The van der Waals surface area contributed by atoms with Gasteiger partial charge in [-0.2, -0.15) is 10.2 Å². The second-order valence-corrected chi connectivity index (χ2v) is 10.9. The predicted octanol–water partition coefficient (Wildman–Crippen LogP) is 3.13. The number of hydrogen-bond acceptors (Lipinski definition) is 7. The number of benzene rings is 2. The minimum Gasteiger partial charge on any atom is -0.388 e. The molecule has 2 aromatic carbocycles. The van der Waals surface area contributed by atoms with Crippen molar-refractivity contribution in [3.8, 4) is 5.69 Å². The molecule has 7 rings (SSSR count). The van der Waals surface area contributed by atoms with Crippen molar-refractivity contribution in [2.24, 2.45) is 0 Å². The Morgan fingerprint density at radius 3 is 2.43 bits per heavy atom. The Labute approximate surface area is 240 Å². The van der Waals surface area contributed by atoms with Gasteiger partial charge in [0.05, 0.1) is 30.2 Å². The van der Waals surface area contributed by atoms with E-state index >= 15 is 0 Å². The molecule has 11 nitrogen and oxygen atoms in total. The normalized spacial score (nSPS) is 16.5. The summed E-state index contributed by atoms with van der Waals surface area (Å²) in [5.41, 5.74) is 1.20. The van der Waals surface area contributed by atoms with Crippen LogP contribution in [-0.2, 0) is 13.1 Å². The van der Waals surface area contributed by atoms with Gasteiger partial charge in [0.15, 0.2) is 5.65 Å². The number of aryl methyl sites for hydroxylation is 1. The first-order valence-electron chi connectivity index (χ1n) is 14.0. The highest BCUT2D eigenvalue weighted by Gasteiger charge is 2.35. The smallest absolute Gasteiger partial charge is 0.264 e. The number of rotatable bonds is 5. The molecule has 1 saturated heterocycles. The first kappa shape index (κ1) is 26.1. The third-order valence-electron chi connectivity index (χ3n) is 8.22. The van der Waals surface area contributed by atoms with Crippen LogP contribution in [0.15, 0.2) is 78.1 Å². The Morgan fingerprint density at radius 1 is 0.929 bits per heavy atom. The molecule has 1 N–H and O–H groups in total. The zero-order chi connectivity index (χ0) is 28.8. The fourth-order valence-corrected chi connectivity index (χ4v) is 5.88. The number of aliphatic hydroxyl groups is 1. The number of halogens is 1. The SMILES string of the molecule is O=C(c1ccc(F)cc1)N1CCC(O)(Cn2cnc3c(cnn3-c3ccc(N4CCCn5nccc54)cc3)c2=O)CC1. The molecule has 2 aliphatic rings. The van der Waals surface area contributed by atoms with Crippen LogP contribution in [0.1, 0.15) is 29.6 Å². The van der Waals surface area contributed by atoms with Gasteiger partial charge in [-0.3, -0.25) is 14.2 Å². The maximum absolute atomic E-state index is 13.4. The van der Waals surface area contributed by atoms with Crippen molar-refractivity contribution in [3.63, 3.8) is 0 Å². The van der Waals surface area contributed by atoms with Gasteiger partial charge in [-0.25, -0.2) is 18.7 Å². The summed E-state index contributed by atoms with van der Waals surface area (Å²) in [6, 6.07) is 15.4. The van der Waals surface area contributed by atoms with Gasteiger partial charge in [0.1, 0.15) is 23.3 Å². The van der Waals surface area contributed by atoms with Crippen LogP contribution in [0.4, 0.5) is 15.9 Å². The first-order chi connectivity index (χ1) is 20.4. The van der Waals surface area contributed by atoms with Gasteiger partial charge in [0.2, 0.25) is 0 Å². The molecule has 214 valence electrons. The van der Waals surface area contributed by atoms with E-state index in [4.69, 9.17) is 0 Å². The highest BCUT2D eigenvalue weighted by atomic mass is 19.1. The zero-order valence-corrected chi connectivity index (χ0v) is 22.8. The third-order valence-corrected chi connectivity index (χ3v) is 8.22. The van der Waals surface area contributed by atoms with E-state index in [1.165, 1.54) is 41.4 Å². The van der Waals surface area contributed by atoms with Crippen LogP contribution < -0.4 is 10.5 Å². The molecule has 0 radical (unpaired) electrons. The Morgan fingerprint density at radius 2 is 1.67 bits per heavy atom. The summed E-state index contributed by atoms with van der Waals surface area (Å²) in [5, 5.41) is 20.5. The lowest BCUT2D eigenvalue weighted by Crippen LogP contribution is -2.49. The Hall–Kier alpha value is -4.84. The molecule has 1 amide bonds. The van der Waals surface area contributed by atoms with Crippen LogP contribution >= 0.6 is 0 Å². The maximum Gasteiger partial charge on any atom is 0.264 e. The number of aromatic nitrogens is 6. The summed E-state index contributed by atoms with van der Waals surface area (Å²) < 4.78 is 18.3. The fourth-order valence-electron chi connectivity index (χ4n) is 5.88. The molecule has 0 atom stereocenters. The van der Waals surface area contributed by atoms with E-state index in [9.17, 15) is 19.1 Å². The topological polar surface area (TPSA) is 114 Å². The highest BCUT2D eigenvalue weighted by Crippen LogP contribution is 2.30. The lowest BCUT2D eigenvalue weighted by atomic mass is 9.91. The molecule has 5 heterocycles. The van der Waals surface area contributed by atoms with Crippen LogP contribution in [0, 0.1) is 5.82 Å². The molecule has 1 fully saturated rings. The molecule has 0 spiro atoms. The lowest BCUT2D eigenvalue weighted by molar-refractivity contribution is -0.0299. The van der Waals surface area contributed by atoms with Gasteiger partial charge >= 0.3 is 0 Å². The van der Waals surface area contributed by atoms with Crippen molar-refractivity contribution in [2.45, 2.75) is 38.0 Å². The van der Waals surface area contributed by atoms with Crippen molar-refractivity contribution in [2.75, 3.05) is 24.5 Å². The fraction of sp³-hybridized carbons (Fsp3) is 0.300. The average molecular weight is 569 g/mol. The predicted molar refractivity (Wildman–Crippen MR) is 153 cm³/mol. The molecule has 0 unspecified atom stereocenters. The molecule has 0 bridgehead atoms. The number of amides is 1. The van der Waals surface area contributed by atoms with Gasteiger partial charge in [-0.1, -0.05) is 0 Å². The molecule has 2 aliphatic heterocycles. The summed E-state index contributed by atoms with van der Waals surface area (Å²) in [6.07, 6.45) is 6.38. The van der Waals surface area contributed by atoms with E-state index in [1.807, 2.05) is 41.2 Å². The van der Waals surface area contributed by atoms with Crippen LogP contribution in [0.2, 0.25) is 0 Å². The van der Waals surface area contributed by atoms with Crippen LogP contribution in [-0.4, -0.2) is 70.3 Å².